The van der Waals surface area contributed by atoms with Crippen LogP contribution in [0.5, 0.6) is 0 Å². The fraction of sp³-hybridized carbons (Fsp3) is 0.0588. The van der Waals surface area contributed by atoms with Crippen LogP contribution >= 0.6 is 23.2 Å². The molecular formula is C17H11Cl2FN2O2. The van der Waals surface area contributed by atoms with E-state index in [4.69, 9.17) is 23.2 Å². The van der Waals surface area contributed by atoms with Gasteiger partial charge in [0.25, 0.3) is 5.91 Å². The molecule has 0 unspecified atom stereocenters. The number of fused-ring (bicyclic) bond motifs is 1. The number of rotatable bonds is 2. The molecular weight excluding hydrogens is 354 g/mol. The van der Waals surface area contributed by atoms with E-state index in [1.165, 1.54) is 29.8 Å². The van der Waals surface area contributed by atoms with Gasteiger partial charge in [-0.1, -0.05) is 23.2 Å². The molecule has 0 radical (unpaired) electrons. The third kappa shape index (κ3) is 3.00. The number of benzene rings is 2. The van der Waals surface area contributed by atoms with E-state index in [0.717, 1.165) is 6.07 Å². The van der Waals surface area contributed by atoms with Crippen LogP contribution in [-0.4, -0.2) is 16.4 Å². The van der Waals surface area contributed by atoms with E-state index in [1.807, 2.05) is 0 Å². The molecule has 1 amide bonds. The zero-order valence-electron chi connectivity index (χ0n) is 12.4. The predicted octanol–water partition coefficient (Wildman–Crippen LogP) is 5.00. The lowest BCUT2D eigenvalue weighted by Gasteiger charge is -2.05. The van der Waals surface area contributed by atoms with Crippen LogP contribution in [0.25, 0.3) is 10.9 Å². The first-order chi connectivity index (χ1) is 11.4. The number of halogens is 3. The van der Waals surface area contributed by atoms with Crippen molar-refractivity contribution in [2.24, 2.45) is 0 Å². The maximum Gasteiger partial charge on any atom is 0.257 e. The first-order valence-corrected chi connectivity index (χ1v) is 7.70. The molecule has 1 N–H and O–H groups in total. The van der Waals surface area contributed by atoms with Gasteiger partial charge in [-0.15, -0.1) is 0 Å². The van der Waals surface area contributed by atoms with Crippen LogP contribution in [0.3, 0.4) is 0 Å². The molecule has 3 aromatic rings. The van der Waals surface area contributed by atoms with Crippen LogP contribution in [-0.2, 0) is 0 Å². The molecule has 0 saturated heterocycles. The maximum atomic E-state index is 13.2. The number of carbonyl (C=O) groups is 2. The van der Waals surface area contributed by atoms with Crippen molar-refractivity contribution in [3.05, 3.63) is 64.0 Å². The Kier molecular flexibility index (Phi) is 4.30. The molecule has 0 bridgehead atoms. The SMILES string of the molecule is CC(=O)n1cc(C(=O)Nc2ccc(F)c(Cl)c2)c2cc(Cl)ccc21. The van der Waals surface area contributed by atoms with E-state index in [9.17, 15) is 14.0 Å². The average Bonchev–Trinajstić information content (AvgIpc) is 2.90. The fourth-order valence-electron chi connectivity index (χ4n) is 2.42. The summed E-state index contributed by atoms with van der Waals surface area (Å²) >= 11 is 11.7. The average molecular weight is 365 g/mol. The number of aromatic nitrogens is 1. The maximum absolute atomic E-state index is 13.2. The molecule has 0 aliphatic rings. The molecule has 2 aromatic carbocycles. The zero-order valence-corrected chi connectivity index (χ0v) is 14.0. The molecule has 3 rings (SSSR count). The van der Waals surface area contributed by atoms with Gasteiger partial charge in [-0.05, 0) is 36.4 Å². The highest BCUT2D eigenvalue weighted by Gasteiger charge is 2.17. The van der Waals surface area contributed by atoms with Gasteiger partial charge in [-0.3, -0.25) is 14.2 Å². The van der Waals surface area contributed by atoms with Gasteiger partial charge in [0.2, 0.25) is 5.91 Å². The van der Waals surface area contributed by atoms with Crippen LogP contribution in [0.4, 0.5) is 10.1 Å². The van der Waals surface area contributed by atoms with Crippen LogP contribution in [0, 0.1) is 5.82 Å². The summed E-state index contributed by atoms with van der Waals surface area (Å²) in [4.78, 5) is 24.3. The minimum absolute atomic E-state index is 0.0954. The summed E-state index contributed by atoms with van der Waals surface area (Å²) in [7, 11) is 0. The zero-order chi connectivity index (χ0) is 17.4. The third-order valence-electron chi connectivity index (χ3n) is 3.53. The molecule has 1 aromatic heterocycles. The van der Waals surface area contributed by atoms with Crippen molar-refractivity contribution in [3.8, 4) is 0 Å². The first-order valence-electron chi connectivity index (χ1n) is 6.95. The molecule has 24 heavy (non-hydrogen) atoms. The first kappa shape index (κ1) is 16.5. The Labute approximate surface area is 146 Å². The number of anilines is 1. The lowest BCUT2D eigenvalue weighted by molar-refractivity contribution is 0.0941. The number of carbonyl (C=O) groups excluding carboxylic acids is 2. The molecule has 0 atom stereocenters. The summed E-state index contributed by atoms with van der Waals surface area (Å²) in [6, 6.07) is 8.80. The molecule has 0 fully saturated rings. The Morgan fingerprint density at radius 1 is 1.12 bits per heavy atom. The van der Waals surface area contributed by atoms with Gasteiger partial charge >= 0.3 is 0 Å². The highest BCUT2D eigenvalue weighted by atomic mass is 35.5. The lowest BCUT2D eigenvalue weighted by atomic mass is 10.1. The van der Waals surface area contributed by atoms with Gasteiger partial charge in [0.05, 0.1) is 16.1 Å². The van der Waals surface area contributed by atoms with Gasteiger partial charge in [-0.2, -0.15) is 0 Å². The van der Waals surface area contributed by atoms with Gasteiger partial charge in [0.1, 0.15) is 5.82 Å². The van der Waals surface area contributed by atoms with Crippen molar-refractivity contribution >= 4 is 51.6 Å². The van der Waals surface area contributed by atoms with Crippen LogP contribution < -0.4 is 5.32 Å². The largest absolute Gasteiger partial charge is 0.322 e. The fourth-order valence-corrected chi connectivity index (χ4v) is 2.77. The van der Waals surface area contributed by atoms with E-state index < -0.39 is 11.7 Å². The molecule has 4 nitrogen and oxygen atoms in total. The third-order valence-corrected chi connectivity index (χ3v) is 4.05. The van der Waals surface area contributed by atoms with Gasteiger partial charge < -0.3 is 5.32 Å². The molecule has 0 aliphatic heterocycles. The van der Waals surface area contributed by atoms with E-state index in [1.54, 1.807) is 18.2 Å². The molecule has 122 valence electrons. The van der Waals surface area contributed by atoms with Crippen molar-refractivity contribution in [1.82, 2.24) is 4.57 Å². The van der Waals surface area contributed by atoms with Crippen molar-refractivity contribution < 1.29 is 14.0 Å². The minimum Gasteiger partial charge on any atom is -0.322 e. The van der Waals surface area contributed by atoms with E-state index >= 15 is 0 Å². The van der Waals surface area contributed by atoms with Gasteiger partial charge in [0.15, 0.2) is 0 Å². The summed E-state index contributed by atoms with van der Waals surface area (Å²) in [5.74, 6) is -1.26. The van der Waals surface area contributed by atoms with Crippen LogP contribution in [0.1, 0.15) is 22.1 Å². The monoisotopic (exact) mass is 364 g/mol. The van der Waals surface area contributed by atoms with Gasteiger partial charge in [0, 0.05) is 29.2 Å². The predicted molar refractivity (Wildman–Crippen MR) is 92.6 cm³/mol. The quantitative estimate of drug-likeness (QED) is 0.695. The number of nitrogens with one attached hydrogen (secondary N) is 1. The number of nitrogens with zero attached hydrogens (tertiary/aromatic N) is 1. The van der Waals surface area contributed by atoms with Crippen molar-refractivity contribution in [2.75, 3.05) is 5.32 Å². The van der Waals surface area contributed by atoms with Crippen LogP contribution in [0.2, 0.25) is 10.0 Å². The molecule has 0 aliphatic carbocycles. The van der Waals surface area contributed by atoms with Crippen LogP contribution in [0.15, 0.2) is 42.6 Å². The number of amides is 1. The highest BCUT2D eigenvalue weighted by Crippen LogP contribution is 2.26. The second kappa shape index (κ2) is 6.26. The second-order valence-corrected chi connectivity index (χ2v) is 6.02. The minimum atomic E-state index is -0.574. The van der Waals surface area contributed by atoms with E-state index in [0.29, 0.717) is 21.6 Å². The van der Waals surface area contributed by atoms with Crippen molar-refractivity contribution in [1.29, 1.82) is 0 Å². The smallest absolute Gasteiger partial charge is 0.257 e. The van der Waals surface area contributed by atoms with E-state index in [-0.39, 0.29) is 16.5 Å². The topological polar surface area (TPSA) is 51.1 Å². The van der Waals surface area contributed by atoms with Crippen molar-refractivity contribution in [3.63, 3.8) is 0 Å². The Balaban J connectivity index is 2.04. The second-order valence-electron chi connectivity index (χ2n) is 5.18. The number of hydrogen-bond acceptors (Lipinski definition) is 2. The molecule has 0 saturated carbocycles. The lowest BCUT2D eigenvalue weighted by Crippen LogP contribution is -2.12. The Bertz CT molecular complexity index is 982. The summed E-state index contributed by atoms with van der Waals surface area (Å²) in [6.45, 7) is 1.40. The molecule has 7 heteroatoms. The Morgan fingerprint density at radius 3 is 2.54 bits per heavy atom. The summed E-state index contributed by atoms with van der Waals surface area (Å²) < 4.78 is 14.6. The summed E-state index contributed by atoms with van der Waals surface area (Å²) in [5.41, 5.74) is 1.20. The normalized spacial score (nSPS) is 10.8. The number of hydrogen-bond donors (Lipinski definition) is 1. The highest BCUT2D eigenvalue weighted by molar-refractivity contribution is 6.32. The Hall–Kier alpha value is -2.37. The van der Waals surface area contributed by atoms with Crippen molar-refractivity contribution in [2.45, 2.75) is 6.92 Å². The molecule has 1 heterocycles. The Morgan fingerprint density at radius 2 is 1.88 bits per heavy atom. The summed E-state index contributed by atoms with van der Waals surface area (Å²) in [6.07, 6.45) is 1.45. The van der Waals surface area contributed by atoms with E-state index in [2.05, 4.69) is 5.32 Å². The van der Waals surface area contributed by atoms with Gasteiger partial charge in [-0.25, -0.2) is 4.39 Å². The standard InChI is InChI=1S/C17H11Cl2FN2O2/c1-9(23)22-8-13(12-6-10(18)2-5-16(12)22)17(24)21-11-3-4-15(20)14(19)7-11/h2-8H,1H3,(H,21,24). The summed E-state index contributed by atoms with van der Waals surface area (Å²) in [5, 5.41) is 3.53. The molecule has 0 spiro atoms.